The van der Waals surface area contributed by atoms with Crippen LogP contribution in [0.3, 0.4) is 0 Å². The van der Waals surface area contributed by atoms with E-state index >= 15 is 0 Å². The number of rotatable bonds is 7. The van der Waals surface area contributed by atoms with Crippen LogP contribution >= 0.6 is 0 Å². The Labute approximate surface area is 100 Å². The third-order valence-electron chi connectivity index (χ3n) is 2.14. The first-order valence-corrected chi connectivity index (χ1v) is 6.35. The molecule has 0 spiro atoms. The van der Waals surface area contributed by atoms with Gasteiger partial charge in [0.1, 0.15) is 5.60 Å². The molecule has 0 bridgehead atoms. The van der Waals surface area contributed by atoms with Crippen molar-refractivity contribution < 1.29 is 9.53 Å². The Morgan fingerprint density at radius 3 is 2.31 bits per heavy atom. The summed E-state index contributed by atoms with van der Waals surface area (Å²) < 4.78 is 5.16. The third-order valence-corrected chi connectivity index (χ3v) is 2.14. The van der Waals surface area contributed by atoms with Crippen LogP contribution in [0.2, 0.25) is 0 Å². The molecular weight excluding hydrogens is 200 g/mol. The fourth-order valence-electron chi connectivity index (χ4n) is 1.38. The fourth-order valence-corrected chi connectivity index (χ4v) is 1.38. The van der Waals surface area contributed by atoms with Crippen molar-refractivity contribution in [2.45, 2.75) is 71.8 Å². The molecule has 0 heterocycles. The summed E-state index contributed by atoms with van der Waals surface area (Å²) in [6.07, 6.45) is 10.8. The second kappa shape index (κ2) is 8.37. The Hall–Kier alpha value is -0.790. The number of carbonyl (C=O) groups excluding carboxylic acids is 1. The molecule has 0 N–H and O–H groups in total. The van der Waals surface area contributed by atoms with E-state index in [-0.39, 0.29) is 11.6 Å². The summed E-state index contributed by atoms with van der Waals surface area (Å²) in [5, 5.41) is 0. The lowest BCUT2D eigenvalue weighted by Gasteiger charge is -2.17. The molecule has 0 saturated heterocycles. The van der Waals surface area contributed by atoms with Crippen LogP contribution in [-0.2, 0) is 9.53 Å². The van der Waals surface area contributed by atoms with Gasteiger partial charge in [0.15, 0.2) is 0 Å². The lowest BCUT2D eigenvalue weighted by molar-refractivity contribution is -0.148. The molecule has 0 aliphatic carbocycles. The number of hydrogen-bond donors (Lipinski definition) is 0. The van der Waals surface area contributed by atoms with Crippen molar-refractivity contribution in [3.63, 3.8) is 0 Å². The van der Waals surface area contributed by atoms with Gasteiger partial charge in [0.25, 0.3) is 0 Å². The average Bonchev–Trinajstić information content (AvgIpc) is 2.13. The Bertz CT molecular complexity index is 211. The van der Waals surface area contributed by atoms with E-state index in [4.69, 9.17) is 4.74 Å². The maximum atomic E-state index is 11.3. The molecule has 2 heteroatoms. The molecule has 0 atom stereocenters. The molecule has 0 radical (unpaired) electrons. The quantitative estimate of drug-likeness (QED) is 0.368. The van der Waals surface area contributed by atoms with Gasteiger partial charge in [0.2, 0.25) is 0 Å². The highest BCUT2D eigenvalue weighted by Gasteiger charge is 2.13. The van der Waals surface area contributed by atoms with E-state index in [1.807, 2.05) is 26.8 Å². The van der Waals surface area contributed by atoms with Gasteiger partial charge < -0.3 is 4.74 Å². The van der Waals surface area contributed by atoms with E-state index in [0.717, 1.165) is 6.42 Å². The van der Waals surface area contributed by atoms with Crippen molar-refractivity contribution in [2.24, 2.45) is 0 Å². The van der Waals surface area contributed by atoms with E-state index in [9.17, 15) is 4.79 Å². The number of ether oxygens (including phenoxy) is 1. The van der Waals surface area contributed by atoms with Gasteiger partial charge in [-0.25, -0.2) is 4.79 Å². The van der Waals surface area contributed by atoms with E-state index in [2.05, 4.69) is 6.92 Å². The van der Waals surface area contributed by atoms with Crippen LogP contribution in [0.15, 0.2) is 12.2 Å². The lowest BCUT2D eigenvalue weighted by atomic mass is 10.1. The normalized spacial score (nSPS) is 12.0. The molecule has 94 valence electrons. The van der Waals surface area contributed by atoms with Gasteiger partial charge in [-0.3, -0.25) is 0 Å². The summed E-state index contributed by atoms with van der Waals surface area (Å²) in [5.74, 6) is -0.235. The second-order valence-corrected chi connectivity index (χ2v) is 5.14. The van der Waals surface area contributed by atoms with Gasteiger partial charge in [0, 0.05) is 6.08 Å². The zero-order valence-electron chi connectivity index (χ0n) is 11.2. The smallest absolute Gasteiger partial charge is 0.330 e. The minimum Gasteiger partial charge on any atom is -0.457 e. The van der Waals surface area contributed by atoms with E-state index in [1.54, 1.807) is 6.08 Å². The Morgan fingerprint density at radius 1 is 1.12 bits per heavy atom. The van der Waals surface area contributed by atoms with Crippen LogP contribution in [0.4, 0.5) is 0 Å². The summed E-state index contributed by atoms with van der Waals surface area (Å²) in [7, 11) is 0. The molecule has 2 nitrogen and oxygen atoms in total. The number of allylic oxidation sites excluding steroid dienone is 1. The molecule has 0 aromatic rings. The largest absolute Gasteiger partial charge is 0.457 e. The molecule has 0 aliphatic heterocycles. The topological polar surface area (TPSA) is 26.3 Å². The summed E-state index contributed by atoms with van der Waals surface area (Å²) in [6, 6.07) is 0. The predicted molar refractivity (Wildman–Crippen MR) is 68.4 cm³/mol. The van der Waals surface area contributed by atoms with Crippen molar-refractivity contribution in [1.82, 2.24) is 0 Å². The van der Waals surface area contributed by atoms with Gasteiger partial charge in [-0.15, -0.1) is 0 Å². The highest BCUT2D eigenvalue weighted by Crippen LogP contribution is 2.08. The van der Waals surface area contributed by atoms with Crippen molar-refractivity contribution in [1.29, 1.82) is 0 Å². The van der Waals surface area contributed by atoms with Gasteiger partial charge in [-0.05, 0) is 33.6 Å². The average molecular weight is 226 g/mol. The van der Waals surface area contributed by atoms with Crippen molar-refractivity contribution in [2.75, 3.05) is 0 Å². The Kier molecular flexibility index (Phi) is 7.96. The summed E-state index contributed by atoms with van der Waals surface area (Å²) in [6.45, 7) is 7.85. The van der Waals surface area contributed by atoms with Gasteiger partial charge in [0.05, 0.1) is 0 Å². The molecule has 0 aromatic heterocycles. The van der Waals surface area contributed by atoms with Crippen LogP contribution < -0.4 is 0 Å². The fraction of sp³-hybridized carbons (Fsp3) is 0.786. The summed E-state index contributed by atoms with van der Waals surface area (Å²) in [5.41, 5.74) is -0.386. The predicted octanol–water partition coefficient (Wildman–Crippen LogP) is 4.24. The Balaban J connectivity index is 3.49. The molecule has 0 rings (SSSR count). The zero-order chi connectivity index (χ0) is 12.4. The lowest BCUT2D eigenvalue weighted by Crippen LogP contribution is -2.22. The molecule has 0 fully saturated rings. The third kappa shape index (κ3) is 11.3. The number of unbranched alkanes of at least 4 members (excludes halogenated alkanes) is 5. The molecule has 0 saturated carbocycles. The summed E-state index contributed by atoms with van der Waals surface area (Å²) in [4.78, 5) is 11.3. The first-order valence-electron chi connectivity index (χ1n) is 6.35. The zero-order valence-corrected chi connectivity index (χ0v) is 11.2. The molecule has 0 aliphatic rings. The number of esters is 1. The molecule has 0 amide bonds. The number of carbonyl (C=O) groups is 1. The maximum Gasteiger partial charge on any atom is 0.330 e. The van der Waals surface area contributed by atoms with Crippen molar-refractivity contribution >= 4 is 5.97 Å². The minimum absolute atomic E-state index is 0.235. The first-order chi connectivity index (χ1) is 7.45. The molecule has 0 unspecified atom stereocenters. The summed E-state index contributed by atoms with van der Waals surface area (Å²) >= 11 is 0. The van der Waals surface area contributed by atoms with Gasteiger partial charge in [-0.1, -0.05) is 38.7 Å². The van der Waals surface area contributed by atoms with Gasteiger partial charge in [-0.2, -0.15) is 0 Å². The van der Waals surface area contributed by atoms with Crippen molar-refractivity contribution in [3.8, 4) is 0 Å². The van der Waals surface area contributed by atoms with Gasteiger partial charge >= 0.3 is 5.97 Å². The van der Waals surface area contributed by atoms with Crippen LogP contribution in [-0.4, -0.2) is 11.6 Å². The van der Waals surface area contributed by atoms with E-state index in [1.165, 1.54) is 32.1 Å². The van der Waals surface area contributed by atoms with E-state index in [0.29, 0.717) is 0 Å². The van der Waals surface area contributed by atoms with Crippen LogP contribution in [0.5, 0.6) is 0 Å². The minimum atomic E-state index is -0.386. The molecule has 16 heavy (non-hydrogen) atoms. The highest BCUT2D eigenvalue weighted by atomic mass is 16.6. The highest BCUT2D eigenvalue weighted by molar-refractivity contribution is 5.82. The first kappa shape index (κ1) is 15.2. The Morgan fingerprint density at radius 2 is 1.75 bits per heavy atom. The van der Waals surface area contributed by atoms with E-state index < -0.39 is 0 Å². The van der Waals surface area contributed by atoms with Crippen LogP contribution in [0, 0.1) is 0 Å². The standard InChI is InChI=1S/C14H26O2/c1-5-6-7-8-9-10-11-12-13(15)16-14(2,3)4/h11-12H,5-10H2,1-4H3/b12-11-. The monoisotopic (exact) mass is 226 g/mol. The maximum absolute atomic E-state index is 11.3. The second-order valence-electron chi connectivity index (χ2n) is 5.14. The molecule has 0 aromatic carbocycles. The van der Waals surface area contributed by atoms with Crippen molar-refractivity contribution in [3.05, 3.63) is 12.2 Å². The van der Waals surface area contributed by atoms with Crippen LogP contribution in [0.25, 0.3) is 0 Å². The SMILES string of the molecule is CCCCCCC/C=C\C(=O)OC(C)(C)C. The molecular formula is C14H26O2. The number of hydrogen-bond acceptors (Lipinski definition) is 2. The van der Waals surface area contributed by atoms with Crippen LogP contribution in [0.1, 0.15) is 66.2 Å².